The van der Waals surface area contributed by atoms with Gasteiger partial charge in [0.2, 0.25) is 10.0 Å². The number of hydrogen-bond acceptors (Lipinski definition) is 6. The van der Waals surface area contributed by atoms with Crippen molar-refractivity contribution in [3.63, 3.8) is 0 Å². The van der Waals surface area contributed by atoms with E-state index in [1.54, 1.807) is 0 Å². The average Bonchev–Trinajstić information content (AvgIpc) is 2.47. The van der Waals surface area contributed by atoms with Gasteiger partial charge in [-0.25, -0.2) is 24.0 Å². The van der Waals surface area contributed by atoms with Gasteiger partial charge in [0.05, 0.1) is 5.02 Å². The summed E-state index contributed by atoms with van der Waals surface area (Å²) in [5, 5.41) is 0.166. The van der Waals surface area contributed by atoms with Gasteiger partial charge >= 0.3 is 0 Å². The van der Waals surface area contributed by atoms with Crippen molar-refractivity contribution in [2.75, 3.05) is 25.1 Å². The van der Waals surface area contributed by atoms with Crippen molar-refractivity contribution in [2.24, 2.45) is 5.84 Å². The molecule has 1 aliphatic heterocycles. The molecule has 1 aromatic rings. The van der Waals surface area contributed by atoms with Gasteiger partial charge in [-0.1, -0.05) is 18.5 Å². The lowest BCUT2D eigenvalue weighted by atomic mass is 10.1. The van der Waals surface area contributed by atoms with E-state index in [0.717, 1.165) is 32.5 Å². The first-order valence-corrected chi connectivity index (χ1v) is 8.69. The van der Waals surface area contributed by atoms with Gasteiger partial charge in [-0.05, 0) is 32.0 Å². The Labute approximate surface area is 129 Å². The predicted octanol–water partition coefficient (Wildman–Crippen LogP) is 0.783. The molecule has 2 heterocycles. The standard InChI is InChI=1S/C12H20ClN5O2S/c1-2-18-5-3-4-9(8-18)17-21(19,20)10-6-11(13)12(16-14)15-7-10/h6-7,9,17H,2-5,8,14H2,1H3,(H,15,16). The molecule has 0 aliphatic carbocycles. The van der Waals surface area contributed by atoms with Gasteiger partial charge in [0.1, 0.15) is 4.90 Å². The van der Waals surface area contributed by atoms with Crippen LogP contribution >= 0.6 is 11.6 Å². The normalized spacial score (nSPS) is 20.4. The fraction of sp³-hybridized carbons (Fsp3) is 0.583. The molecule has 0 spiro atoms. The van der Waals surface area contributed by atoms with Crippen LogP contribution in [-0.2, 0) is 10.0 Å². The summed E-state index contributed by atoms with van der Waals surface area (Å²) >= 11 is 5.92. The van der Waals surface area contributed by atoms with Crippen LogP contribution in [0.3, 0.4) is 0 Å². The van der Waals surface area contributed by atoms with Crippen molar-refractivity contribution in [3.8, 4) is 0 Å². The van der Waals surface area contributed by atoms with Crippen molar-refractivity contribution in [3.05, 3.63) is 17.3 Å². The quantitative estimate of drug-likeness (QED) is 0.544. The maximum absolute atomic E-state index is 12.4. The first-order chi connectivity index (χ1) is 9.96. The Kier molecular flexibility index (Phi) is 5.39. The lowest BCUT2D eigenvalue weighted by Crippen LogP contribution is -2.47. The number of hydrogen-bond donors (Lipinski definition) is 3. The topological polar surface area (TPSA) is 100 Å². The molecule has 7 nitrogen and oxygen atoms in total. The number of hydrazine groups is 1. The summed E-state index contributed by atoms with van der Waals surface area (Å²) in [5.41, 5.74) is 2.30. The fourth-order valence-corrected chi connectivity index (χ4v) is 3.92. The maximum Gasteiger partial charge on any atom is 0.242 e. The molecule has 0 amide bonds. The van der Waals surface area contributed by atoms with Crippen LogP contribution in [0.25, 0.3) is 0 Å². The highest BCUT2D eigenvalue weighted by Crippen LogP contribution is 2.22. The van der Waals surface area contributed by atoms with Gasteiger partial charge < -0.3 is 10.3 Å². The van der Waals surface area contributed by atoms with E-state index >= 15 is 0 Å². The van der Waals surface area contributed by atoms with Gasteiger partial charge in [0, 0.05) is 18.8 Å². The zero-order valence-electron chi connectivity index (χ0n) is 11.8. The van der Waals surface area contributed by atoms with Crippen molar-refractivity contribution in [2.45, 2.75) is 30.7 Å². The first kappa shape index (κ1) is 16.4. The largest absolute Gasteiger partial charge is 0.307 e. The molecular weight excluding hydrogens is 314 g/mol. The van der Waals surface area contributed by atoms with Gasteiger partial charge in [-0.3, -0.25) is 0 Å². The van der Waals surface area contributed by atoms with Crippen LogP contribution in [0.2, 0.25) is 5.02 Å². The number of piperidine rings is 1. The van der Waals surface area contributed by atoms with Crippen LogP contribution in [0.15, 0.2) is 17.2 Å². The summed E-state index contributed by atoms with van der Waals surface area (Å²) < 4.78 is 27.5. The van der Waals surface area contributed by atoms with Crippen molar-refractivity contribution in [1.29, 1.82) is 0 Å². The number of likely N-dealkylation sites (tertiary alicyclic amines) is 1. The molecule has 1 aliphatic rings. The number of aromatic nitrogens is 1. The number of sulfonamides is 1. The smallest absolute Gasteiger partial charge is 0.242 e. The fourth-order valence-electron chi connectivity index (χ4n) is 2.40. The molecule has 9 heteroatoms. The Bertz CT molecular complexity index is 595. The number of rotatable bonds is 5. The van der Waals surface area contributed by atoms with Gasteiger partial charge in [-0.2, -0.15) is 0 Å². The summed E-state index contributed by atoms with van der Waals surface area (Å²) in [4.78, 5) is 6.16. The Morgan fingerprint density at radius 3 is 2.95 bits per heavy atom. The summed E-state index contributed by atoms with van der Waals surface area (Å²) in [6, 6.07) is 1.25. The zero-order valence-corrected chi connectivity index (χ0v) is 13.4. The van der Waals surface area contributed by atoms with Gasteiger partial charge in [-0.15, -0.1) is 0 Å². The second kappa shape index (κ2) is 6.89. The molecule has 4 N–H and O–H groups in total. The molecule has 1 unspecified atom stereocenters. The molecule has 0 aromatic carbocycles. The van der Waals surface area contributed by atoms with E-state index in [2.05, 4.69) is 27.0 Å². The molecular formula is C12H20ClN5O2S. The second-order valence-electron chi connectivity index (χ2n) is 5.00. The third kappa shape index (κ3) is 4.04. The average molecular weight is 334 g/mol. The Hall–Kier alpha value is -0.930. The van der Waals surface area contributed by atoms with Gasteiger partial charge in [0.25, 0.3) is 0 Å². The van der Waals surface area contributed by atoms with Gasteiger partial charge in [0.15, 0.2) is 5.82 Å². The highest BCUT2D eigenvalue weighted by atomic mass is 35.5. The van der Waals surface area contributed by atoms with E-state index in [1.165, 1.54) is 12.3 Å². The third-order valence-electron chi connectivity index (χ3n) is 3.54. The number of nitrogens with zero attached hydrogens (tertiary/aromatic N) is 2. The summed E-state index contributed by atoms with van der Waals surface area (Å²) in [5.74, 6) is 5.46. The Morgan fingerprint density at radius 2 is 2.33 bits per heavy atom. The highest BCUT2D eigenvalue weighted by Gasteiger charge is 2.25. The Balaban J connectivity index is 2.13. The number of nitrogens with one attached hydrogen (secondary N) is 2. The molecule has 0 radical (unpaired) electrons. The van der Waals surface area contributed by atoms with Crippen molar-refractivity contribution >= 4 is 27.4 Å². The number of nitrogen functional groups attached to an aromatic ring is 1. The zero-order chi connectivity index (χ0) is 15.5. The molecule has 2 rings (SSSR count). The summed E-state index contributed by atoms with van der Waals surface area (Å²) in [6.45, 7) is 4.72. The lowest BCUT2D eigenvalue weighted by Gasteiger charge is -2.32. The van der Waals surface area contributed by atoms with Crippen LogP contribution in [0.1, 0.15) is 19.8 Å². The minimum absolute atomic E-state index is 0.0418. The maximum atomic E-state index is 12.4. The van der Waals surface area contributed by atoms with Crippen molar-refractivity contribution < 1.29 is 8.42 Å². The van der Waals surface area contributed by atoms with E-state index in [0.29, 0.717) is 0 Å². The third-order valence-corrected chi connectivity index (χ3v) is 5.31. The van der Waals surface area contributed by atoms with E-state index in [4.69, 9.17) is 17.4 Å². The lowest BCUT2D eigenvalue weighted by molar-refractivity contribution is 0.211. The molecule has 21 heavy (non-hydrogen) atoms. The molecule has 1 aromatic heterocycles. The monoisotopic (exact) mass is 333 g/mol. The highest BCUT2D eigenvalue weighted by molar-refractivity contribution is 7.89. The summed E-state index contributed by atoms with van der Waals surface area (Å²) in [7, 11) is -3.63. The molecule has 0 bridgehead atoms. The number of halogens is 1. The molecule has 118 valence electrons. The first-order valence-electron chi connectivity index (χ1n) is 6.83. The summed E-state index contributed by atoms with van der Waals surface area (Å²) in [6.07, 6.45) is 3.05. The number of pyridine rings is 1. The molecule has 1 atom stereocenters. The number of nitrogens with two attached hydrogens (primary N) is 1. The Morgan fingerprint density at radius 1 is 1.57 bits per heavy atom. The number of anilines is 1. The van der Waals surface area contributed by atoms with Crippen LogP contribution in [0.5, 0.6) is 0 Å². The minimum atomic E-state index is -3.63. The number of likely N-dealkylation sites (N-methyl/N-ethyl adjacent to an activating group) is 1. The molecule has 1 fully saturated rings. The van der Waals surface area contributed by atoms with Crippen LogP contribution in [-0.4, -0.2) is 44.0 Å². The van der Waals surface area contributed by atoms with Crippen molar-refractivity contribution in [1.82, 2.24) is 14.6 Å². The van der Waals surface area contributed by atoms with E-state index < -0.39 is 10.0 Å². The SMILES string of the molecule is CCN1CCCC(NS(=O)(=O)c2cnc(NN)c(Cl)c2)C1. The van der Waals surface area contributed by atoms with Crippen LogP contribution < -0.4 is 16.0 Å². The molecule has 1 saturated heterocycles. The predicted molar refractivity (Wildman–Crippen MR) is 82.5 cm³/mol. The second-order valence-corrected chi connectivity index (χ2v) is 7.12. The van der Waals surface area contributed by atoms with E-state index in [9.17, 15) is 8.42 Å². The van der Waals surface area contributed by atoms with E-state index in [1.807, 2.05) is 0 Å². The van der Waals surface area contributed by atoms with E-state index in [-0.39, 0.29) is 21.8 Å². The molecule has 0 saturated carbocycles. The van der Waals surface area contributed by atoms with Crippen LogP contribution in [0.4, 0.5) is 5.82 Å². The minimum Gasteiger partial charge on any atom is -0.307 e. The van der Waals surface area contributed by atoms with Crippen LogP contribution in [0, 0.1) is 0 Å².